The summed E-state index contributed by atoms with van der Waals surface area (Å²) >= 11 is 0. The lowest BCUT2D eigenvalue weighted by Gasteiger charge is -2.42. The van der Waals surface area contributed by atoms with Crippen molar-refractivity contribution in [3.63, 3.8) is 0 Å². The van der Waals surface area contributed by atoms with Crippen LogP contribution in [0.15, 0.2) is 18.2 Å². The molecule has 23 heavy (non-hydrogen) atoms. The van der Waals surface area contributed by atoms with E-state index < -0.39 is 17.5 Å². The third kappa shape index (κ3) is 3.54. The molecule has 2 heterocycles. The van der Waals surface area contributed by atoms with Crippen LogP contribution in [0.25, 0.3) is 0 Å². The third-order valence-corrected chi connectivity index (χ3v) is 4.71. The van der Waals surface area contributed by atoms with Crippen LogP contribution in [-0.2, 0) is 9.53 Å². The second-order valence-electron chi connectivity index (χ2n) is 6.56. The molecule has 0 bridgehead atoms. The number of likely N-dealkylation sites (tertiary alicyclic amines) is 1. The molecule has 2 aliphatic rings. The Kier molecular flexibility index (Phi) is 4.66. The van der Waals surface area contributed by atoms with Crippen LogP contribution >= 0.6 is 0 Å². The van der Waals surface area contributed by atoms with Crippen molar-refractivity contribution in [2.24, 2.45) is 0 Å². The number of nitrogens with zero attached hydrogens (tertiary/aromatic N) is 1. The molecule has 0 saturated carbocycles. The number of aliphatic hydroxyl groups is 1. The monoisotopic (exact) mass is 322 g/mol. The zero-order valence-corrected chi connectivity index (χ0v) is 13.3. The van der Waals surface area contributed by atoms with Crippen LogP contribution in [0.3, 0.4) is 0 Å². The van der Waals surface area contributed by atoms with E-state index in [1.165, 1.54) is 6.07 Å². The molecule has 0 aromatic heterocycles. The molecule has 2 fully saturated rings. The minimum absolute atomic E-state index is 0.172. The average molecular weight is 322 g/mol. The van der Waals surface area contributed by atoms with Gasteiger partial charge < -0.3 is 15.2 Å². The van der Waals surface area contributed by atoms with Crippen molar-refractivity contribution in [1.29, 1.82) is 0 Å². The fourth-order valence-corrected chi connectivity index (χ4v) is 3.50. The van der Waals surface area contributed by atoms with E-state index in [-0.39, 0.29) is 18.1 Å². The standard InChI is InChI=1S/C17H23FN2O3/c1-12-3-4-13(18)14(9-12)19-16(22)10-20-7-5-15(21)17(11-20)6-2-8-23-17/h3-4,9,15,21H,2,5-8,10-11H2,1H3,(H,19,22)/t15-,17-/m0/s1. The Morgan fingerprint density at radius 2 is 2.39 bits per heavy atom. The minimum Gasteiger partial charge on any atom is -0.390 e. The molecule has 1 aromatic carbocycles. The summed E-state index contributed by atoms with van der Waals surface area (Å²) in [4.78, 5) is 14.2. The van der Waals surface area contributed by atoms with Crippen molar-refractivity contribution in [1.82, 2.24) is 4.90 Å². The van der Waals surface area contributed by atoms with Crippen LogP contribution in [-0.4, -0.2) is 53.9 Å². The molecule has 1 aromatic rings. The largest absolute Gasteiger partial charge is 0.390 e. The highest BCUT2D eigenvalue weighted by Gasteiger charge is 2.46. The maximum absolute atomic E-state index is 13.7. The molecule has 2 aliphatic heterocycles. The average Bonchev–Trinajstić information content (AvgIpc) is 2.96. The Labute approximate surface area is 135 Å². The minimum atomic E-state index is -0.535. The molecule has 126 valence electrons. The predicted molar refractivity (Wildman–Crippen MR) is 84.7 cm³/mol. The first kappa shape index (κ1) is 16.4. The van der Waals surface area contributed by atoms with Gasteiger partial charge in [0.1, 0.15) is 11.4 Å². The summed E-state index contributed by atoms with van der Waals surface area (Å²) in [5, 5.41) is 12.8. The number of anilines is 1. The molecule has 1 amide bonds. The Hall–Kier alpha value is -1.50. The normalized spacial score (nSPS) is 28.2. The highest BCUT2D eigenvalue weighted by atomic mass is 19.1. The van der Waals surface area contributed by atoms with Crippen molar-refractivity contribution in [2.75, 3.05) is 31.6 Å². The summed E-state index contributed by atoms with van der Waals surface area (Å²) < 4.78 is 19.5. The zero-order chi connectivity index (χ0) is 16.4. The van der Waals surface area contributed by atoms with Gasteiger partial charge in [-0.1, -0.05) is 6.07 Å². The van der Waals surface area contributed by atoms with Gasteiger partial charge in [0.25, 0.3) is 0 Å². The number of piperidine rings is 1. The van der Waals surface area contributed by atoms with Crippen LogP contribution in [0, 0.1) is 12.7 Å². The number of halogens is 1. The third-order valence-electron chi connectivity index (χ3n) is 4.71. The maximum atomic E-state index is 13.7. The smallest absolute Gasteiger partial charge is 0.238 e. The number of hydrogen-bond donors (Lipinski definition) is 2. The number of carbonyl (C=O) groups excluding carboxylic acids is 1. The molecule has 0 aliphatic carbocycles. The molecule has 6 heteroatoms. The van der Waals surface area contributed by atoms with E-state index in [0.29, 0.717) is 26.1 Å². The number of amides is 1. The Bertz CT molecular complexity index is 587. The number of rotatable bonds is 3. The summed E-state index contributed by atoms with van der Waals surface area (Å²) in [5.74, 6) is -0.687. The molecule has 5 nitrogen and oxygen atoms in total. The van der Waals surface area contributed by atoms with Crippen molar-refractivity contribution in [3.05, 3.63) is 29.6 Å². The van der Waals surface area contributed by atoms with Gasteiger partial charge >= 0.3 is 0 Å². The van der Waals surface area contributed by atoms with Crippen LogP contribution in [0.5, 0.6) is 0 Å². The van der Waals surface area contributed by atoms with E-state index in [0.717, 1.165) is 18.4 Å². The van der Waals surface area contributed by atoms with E-state index in [4.69, 9.17) is 4.74 Å². The Morgan fingerprint density at radius 1 is 1.57 bits per heavy atom. The summed E-state index contributed by atoms with van der Waals surface area (Å²) in [7, 11) is 0. The number of hydrogen-bond acceptors (Lipinski definition) is 4. The molecule has 2 atom stereocenters. The summed E-state index contributed by atoms with van der Waals surface area (Å²) in [5.41, 5.74) is 0.563. The highest BCUT2D eigenvalue weighted by molar-refractivity contribution is 5.92. The van der Waals surface area contributed by atoms with Gasteiger partial charge in [-0.3, -0.25) is 9.69 Å². The van der Waals surface area contributed by atoms with E-state index >= 15 is 0 Å². The van der Waals surface area contributed by atoms with E-state index in [1.54, 1.807) is 12.1 Å². The Balaban J connectivity index is 1.60. The first-order chi connectivity index (χ1) is 11.0. The molecular formula is C17H23FN2O3. The number of ether oxygens (including phenoxy) is 1. The topological polar surface area (TPSA) is 61.8 Å². The van der Waals surface area contributed by atoms with Crippen LogP contribution < -0.4 is 5.32 Å². The van der Waals surface area contributed by atoms with Gasteiger partial charge in [-0.05, 0) is 43.9 Å². The summed E-state index contributed by atoms with van der Waals surface area (Å²) in [6, 6.07) is 4.64. The zero-order valence-electron chi connectivity index (χ0n) is 13.3. The molecule has 2 saturated heterocycles. The SMILES string of the molecule is Cc1ccc(F)c(NC(=O)CN2CC[C@H](O)[C@]3(CCCO3)C2)c1. The predicted octanol–water partition coefficient (Wildman–Crippen LogP) is 1.69. The van der Waals surface area contributed by atoms with Crippen LogP contribution in [0.2, 0.25) is 0 Å². The number of aliphatic hydroxyl groups excluding tert-OH is 1. The lowest BCUT2D eigenvalue weighted by atomic mass is 9.87. The fourth-order valence-electron chi connectivity index (χ4n) is 3.50. The van der Waals surface area contributed by atoms with E-state index in [2.05, 4.69) is 5.32 Å². The van der Waals surface area contributed by atoms with Gasteiger partial charge in [-0.25, -0.2) is 4.39 Å². The Morgan fingerprint density at radius 3 is 3.13 bits per heavy atom. The van der Waals surface area contributed by atoms with Gasteiger partial charge in [0.2, 0.25) is 5.91 Å². The number of aryl methyl sites for hydroxylation is 1. The van der Waals surface area contributed by atoms with Crippen molar-refractivity contribution < 1.29 is 19.0 Å². The lowest BCUT2D eigenvalue weighted by Crippen LogP contribution is -2.57. The molecule has 0 radical (unpaired) electrons. The van der Waals surface area contributed by atoms with Gasteiger partial charge in [0.15, 0.2) is 0 Å². The maximum Gasteiger partial charge on any atom is 0.238 e. The van der Waals surface area contributed by atoms with Crippen molar-refractivity contribution in [2.45, 2.75) is 37.9 Å². The number of carbonyl (C=O) groups is 1. The first-order valence-electron chi connectivity index (χ1n) is 8.09. The molecule has 0 unspecified atom stereocenters. The summed E-state index contributed by atoms with van der Waals surface area (Å²) in [6.45, 7) is 3.85. The molecular weight excluding hydrogens is 299 g/mol. The molecule has 2 N–H and O–H groups in total. The van der Waals surface area contributed by atoms with Crippen LogP contribution in [0.4, 0.5) is 10.1 Å². The summed E-state index contributed by atoms with van der Waals surface area (Å²) in [6.07, 6.45) is 1.87. The quantitative estimate of drug-likeness (QED) is 0.889. The first-order valence-corrected chi connectivity index (χ1v) is 8.09. The fraction of sp³-hybridized carbons (Fsp3) is 0.588. The second kappa shape index (κ2) is 6.55. The van der Waals surface area contributed by atoms with Crippen molar-refractivity contribution >= 4 is 11.6 Å². The van der Waals surface area contributed by atoms with Crippen LogP contribution in [0.1, 0.15) is 24.8 Å². The second-order valence-corrected chi connectivity index (χ2v) is 6.56. The van der Waals surface area contributed by atoms with Gasteiger partial charge in [-0.15, -0.1) is 0 Å². The molecule has 3 rings (SSSR count). The van der Waals surface area contributed by atoms with Gasteiger partial charge in [-0.2, -0.15) is 0 Å². The number of nitrogens with one attached hydrogen (secondary N) is 1. The van der Waals surface area contributed by atoms with Gasteiger partial charge in [0, 0.05) is 19.7 Å². The highest BCUT2D eigenvalue weighted by Crippen LogP contribution is 2.34. The van der Waals surface area contributed by atoms with E-state index in [1.807, 2.05) is 11.8 Å². The number of benzene rings is 1. The van der Waals surface area contributed by atoms with Gasteiger partial charge in [0.05, 0.1) is 18.3 Å². The lowest BCUT2D eigenvalue weighted by molar-refractivity contribution is -0.137. The molecule has 1 spiro atoms. The van der Waals surface area contributed by atoms with E-state index in [9.17, 15) is 14.3 Å². The van der Waals surface area contributed by atoms with Crippen molar-refractivity contribution in [3.8, 4) is 0 Å².